The number of hydrogen-bond acceptors (Lipinski definition) is 11. The molecule has 0 saturated carbocycles. The Bertz CT molecular complexity index is 865. The number of amides is 1. The van der Waals surface area contributed by atoms with Gasteiger partial charge in [-0.15, -0.1) is 31.7 Å². The van der Waals surface area contributed by atoms with E-state index in [1.807, 2.05) is 11.8 Å². The molecular formula is C23H35N7O2S3. The number of carbonyl (C=O) groups excluding carboxylic acids is 2. The monoisotopic (exact) mass is 537 g/mol. The molecule has 35 heavy (non-hydrogen) atoms. The highest BCUT2D eigenvalue weighted by Crippen LogP contribution is 2.21. The largest absolute Gasteiger partial charge is 0.316 e. The Labute approximate surface area is 219 Å². The van der Waals surface area contributed by atoms with Gasteiger partial charge in [-0.1, -0.05) is 11.3 Å². The Morgan fingerprint density at radius 1 is 0.857 bits per heavy atom. The number of Topliss-reactive ketones (excluding diaryl/α,β-unsaturated/α-hetero) is 1. The van der Waals surface area contributed by atoms with Gasteiger partial charge in [-0.25, -0.2) is 0 Å². The van der Waals surface area contributed by atoms with E-state index in [0.29, 0.717) is 36.2 Å². The first-order chi connectivity index (χ1) is 17.1. The minimum absolute atomic E-state index is 0.0277. The van der Waals surface area contributed by atoms with Crippen LogP contribution in [0.5, 0.6) is 0 Å². The number of nitrogens with zero attached hydrogens (tertiary/aromatic N) is 4. The maximum atomic E-state index is 12.3. The molecule has 0 aliphatic carbocycles. The lowest BCUT2D eigenvalue weighted by Gasteiger charge is -2.21. The van der Waals surface area contributed by atoms with Crippen molar-refractivity contribution in [1.29, 1.82) is 0 Å². The number of piperidine rings is 2. The molecule has 2 aliphatic rings. The number of ketones is 1. The Hall–Kier alpha value is -1.47. The minimum atomic E-state index is 0.0277. The minimum Gasteiger partial charge on any atom is -0.316 e. The summed E-state index contributed by atoms with van der Waals surface area (Å²) in [6.45, 7) is 3.99. The van der Waals surface area contributed by atoms with Crippen molar-refractivity contribution >= 4 is 51.3 Å². The normalized spacial score (nSPS) is 20.6. The standard InChI is InChI=1S/C23H35N7O2S3/c31-18(11-16-3-1-7-24-14-16)13-22-29-27-20(34-22)5-9-33-10-6-21-28-30-23(35-21)26-19(32)12-17-4-2-8-25-15-17/h16-17,24-25H,1-15H2,(H,26,30,32). The van der Waals surface area contributed by atoms with Crippen molar-refractivity contribution in [1.82, 2.24) is 31.0 Å². The van der Waals surface area contributed by atoms with Gasteiger partial charge in [0.05, 0.1) is 6.42 Å². The predicted octanol–water partition coefficient (Wildman–Crippen LogP) is 2.74. The van der Waals surface area contributed by atoms with Gasteiger partial charge >= 0.3 is 0 Å². The van der Waals surface area contributed by atoms with E-state index in [1.165, 1.54) is 11.3 Å². The van der Waals surface area contributed by atoms with Gasteiger partial charge in [0, 0.05) is 25.7 Å². The van der Waals surface area contributed by atoms with Crippen molar-refractivity contribution in [2.24, 2.45) is 11.8 Å². The Kier molecular flexibility index (Phi) is 10.9. The number of aromatic nitrogens is 4. The van der Waals surface area contributed by atoms with E-state index in [1.54, 1.807) is 11.3 Å². The Balaban J connectivity index is 1.08. The summed E-state index contributed by atoms with van der Waals surface area (Å²) in [6.07, 6.45) is 7.83. The maximum absolute atomic E-state index is 12.3. The fourth-order valence-corrected chi connectivity index (χ4v) is 7.24. The Morgan fingerprint density at radius 3 is 2.17 bits per heavy atom. The van der Waals surface area contributed by atoms with Crippen LogP contribution in [0, 0.1) is 11.8 Å². The smallest absolute Gasteiger partial charge is 0.226 e. The third kappa shape index (κ3) is 9.49. The van der Waals surface area contributed by atoms with Crippen molar-refractivity contribution in [2.75, 3.05) is 43.0 Å². The molecule has 2 aromatic rings. The molecule has 2 saturated heterocycles. The zero-order valence-electron chi connectivity index (χ0n) is 20.1. The first kappa shape index (κ1) is 26.6. The molecule has 9 nitrogen and oxygen atoms in total. The van der Waals surface area contributed by atoms with E-state index in [4.69, 9.17) is 0 Å². The number of nitrogens with one attached hydrogen (secondary N) is 3. The lowest BCUT2D eigenvalue weighted by Crippen LogP contribution is -2.32. The lowest BCUT2D eigenvalue weighted by atomic mass is 9.93. The fourth-order valence-electron chi connectivity index (χ4n) is 4.48. The molecule has 4 heterocycles. The zero-order valence-corrected chi connectivity index (χ0v) is 22.5. The molecule has 4 rings (SSSR count). The fraction of sp³-hybridized carbons (Fsp3) is 0.739. The summed E-state index contributed by atoms with van der Waals surface area (Å²) >= 11 is 4.87. The van der Waals surface area contributed by atoms with Gasteiger partial charge in [-0.3, -0.25) is 9.59 Å². The van der Waals surface area contributed by atoms with Crippen LogP contribution in [0.25, 0.3) is 0 Å². The van der Waals surface area contributed by atoms with Crippen LogP contribution < -0.4 is 16.0 Å². The van der Waals surface area contributed by atoms with Gasteiger partial charge in [-0.2, -0.15) is 11.8 Å². The van der Waals surface area contributed by atoms with Crippen LogP contribution in [0.4, 0.5) is 5.13 Å². The molecule has 3 N–H and O–H groups in total. The van der Waals surface area contributed by atoms with Crippen LogP contribution in [0.3, 0.4) is 0 Å². The van der Waals surface area contributed by atoms with E-state index in [0.717, 1.165) is 91.2 Å². The third-order valence-corrected chi connectivity index (χ3v) is 9.15. The summed E-state index contributed by atoms with van der Waals surface area (Å²) in [5.41, 5.74) is 0. The average molecular weight is 538 g/mol. The average Bonchev–Trinajstić information content (AvgIpc) is 3.49. The van der Waals surface area contributed by atoms with Crippen LogP contribution in [0.2, 0.25) is 0 Å². The molecule has 2 fully saturated rings. The van der Waals surface area contributed by atoms with E-state index in [2.05, 4.69) is 36.3 Å². The van der Waals surface area contributed by atoms with Crippen LogP contribution in [-0.2, 0) is 28.9 Å². The number of anilines is 1. The van der Waals surface area contributed by atoms with Crippen molar-refractivity contribution in [3.63, 3.8) is 0 Å². The molecule has 12 heteroatoms. The molecule has 192 valence electrons. The molecule has 2 unspecified atom stereocenters. The second-order valence-corrected chi connectivity index (χ2v) is 12.7. The number of carbonyl (C=O) groups is 2. The first-order valence-corrected chi connectivity index (χ1v) is 15.4. The summed E-state index contributed by atoms with van der Waals surface area (Å²) in [5, 5.41) is 29.8. The van der Waals surface area contributed by atoms with Gasteiger partial charge < -0.3 is 16.0 Å². The van der Waals surface area contributed by atoms with Gasteiger partial charge in [0.2, 0.25) is 11.0 Å². The first-order valence-electron chi connectivity index (χ1n) is 12.6. The van der Waals surface area contributed by atoms with E-state index < -0.39 is 0 Å². The molecule has 2 aliphatic heterocycles. The topological polar surface area (TPSA) is 122 Å². The van der Waals surface area contributed by atoms with Crippen molar-refractivity contribution in [2.45, 2.75) is 57.8 Å². The highest BCUT2D eigenvalue weighted by atomic mass is 32.2. The van der Waals surface area contributed by atoms with Gasteiger partial charge in [-0.05, 0) is 75.2 Å². The van der Waals surface area contributed by atoms with Crippen LogP contribution >= 0.6 is 34.4 Å². The van der Waals surface area contributed by atoms with E-state index in [9.17, 15) is 9.59 Å². The van der Waals surface area contributed by atoms with Crippen molar-refractivity contribution in [3.8, 4) is 0 Å². The molecule has 0 radical (unpaired) electrons. The quantitative estimate of drug-likeness (QED) is 0.331. The summed E-state index contributed by atoms with van der Waals surface area (Å²) in [6, 6.07) is 0. The number of rotatable bonds is 13. The van der Waals surface area contributed by atoms with Crippen LogP contribution in [-0.4, -0.2) is 69.8 Å². The second kappa shape index (κ2) is 14.3. The lowest BCUT2D eigenvalue weighted by molar-refractivity contribution is -0.119. The Morgan fingerprint density at radius 2 is 1.49 bits per heavy atom. The van der Waals surface area contributed by atoms with Gasteiger partial charge in [0.25, 0.3) is 0 Å². The predicted molar refractivity (Wildman–Crippen MR) is 142 cm³/mol. The SMILES string of the molecule is O=C(Cc1nnc(CCSCCc2nnc(NC(=O)CC3CCCNC3)s2)s1)CC1CCCNC1. The van der Waals surface area contributed by atoms with Crippen LogP contribution in [0.15, 0.2) is 0 Å². The zero-order chi connectivity index (χ0) is 24.3. The molecule has 0 aromatic carbocycles. The highest BCUT2D eigenvalue weighted by Gasteiger charge is 2.19. The second-order valence-electron chi connectivity index (χ2n) is 9.30. The third-order valence-electron chi connectivity index (χ3n) is 6.28. The maximum Gasteiger partial charge on any atom is 0.226 e. The highest BCUT2D eigenvalue weighted by molar-refractivity contribution is 7.99. The van der Waals surface area contributed by atoms with Crippen molar-refractivity contribution < 1.29 is 9.59 Å². The number of hydrogen-bond donors (Lipinski definition) is 3. The molecule has 2 atom stereocenters. The van der Waals surface area contributed by atoms with Crippen LogP contribution in [0.1, 0.15) is 53.5 Å². The molecule has 1 amide bonds. The summed E-state index contributed by atoms with van der Waals surface area (Å²) in [5.74, 6) is 3.08. The number of aryl methyl sites for hydroxylation is 2. The molecule has 0 bridgehead atoms. The molecule has 2 aromatic heterocycles. The molecular weight excluding hydrogens is 503 g/mol. The van der Waals surface area contributed by atoms with E-state index in [-0.39, 0.29) is 11.7 Å². The summed E-state index contributed by atoms with van der Waals surface area (Å²) in [4.78, 5) is 24.6. The van der Waals surface area contributed by atoms with E-state index >= 15 is 0 Å². The van der Waals surface area contributed by atoms with Crippen molar-refractivity contribution in [3.05, 3.63) is 15.0 Å². The summed E-state index contributed by atoms with van der Waals surface area (Å²) in [7, 11) is 0. The summed E-state index contributed by atoms with van der Waals surface area (Å²) < 4.78 is 0. The van der Waals surface area contributed by atoms with Gasteiger partial charge in [0.15, 0.2) is 0 Å². The number of thioether (sulfide) groups is 1. The molecule has 0 spiro atoms. The van der Waals surface area contributed by atoms with Gasteiger partial charge in [0.1, 0.15) is 20.8 Å².